The Hall–Kier alpha value is -0.680. The first-order valence-corrected chi connectivity index (χ1v) is 8.88. The lowest BCUT2D eigenvalue weighted by Gasteiger charge is -2.28. The molecular formula is C14H22N2OS2. The molecule has 2 amide bonds. The molecule has 1 aliphatic heterocycles. The van der Waals surface area contributed by atoms with E-state index >= 15 is 0 Å². The highest BCUT2D eigenvalue weighted by Gasteiger charge is 2.24. The molecular weight excluding hydrogens is 276 g/mol. The Morgan fingerprint density at radius 1 is 1.42 bits per heavy atom. The number of nitrogens with zero attached hydrogens (tertiary/aromatic N) is 2. The predicted octanol–water partition coefficient (Wildman–Crippen LogP) is 3.69. The van der Waals surface area contributed by atoms with Gasteiger partial charge in [-0.05, 0) is 31.7 Å². The SMILES string of the molecule is CCN(CC)C(=O)N1CCSC(c2cccs2)CC1. The molecule has 2 rings (SSSR count). The molecule has 0 saturated carbocycles. The van der Waals surface area contributed by atoms with E-state index in [9.17, 15) is 4.79 Å². The quantitative estimate of drug-likeness (QED) is 0.849. The summed E-state index contributed by atoms with van der Waals surface area (Å²) in [6, 6.07) is 4.53. The average Bonchev–Trinajstić information content (AvgIpc) is 2.84. The van der Waals surface area contributed by atoms with Crippen molar-refractivity contribution in [2.45, 2.75) is 25.5 Å². The van der Waals surface area contributed by atoms with Gasteiger partial charge in [-0.25, -0.2) is 4.79 Å². The van der Waals surface area contributed by atoms with Crippen LogP contribution < -0.4 is 0 Å². The zero-order valence-corrected chi connectivity index (χ0v) is 13.3. The van der Waals surface area contributed by atoms with Crippen LogP contribution in [0.2, 0.25) is 0 Å². The summed E-state index contributed by atoms with van der Waals surface area (Å²) in [6.07, 6.45) is 1.07. The van der Waals surface area contributed by atoms with Crippen molar-refractivity contribution in [3.8, 4) is 0 Å². The number of hydrogen-bond acceptors (Lipinski definition) is 3. The van der Waals surface area contributed by atoms with E-state index in [1.165, 1.54) is 4.88 Å². The fourth-order valence-corrected chi connectivity index (χ4v) is 4.59. The van der Waals surface area contributed by atoms with Gasteiger partial charge in [-0.1, -0.05) is 6.07 Å². The minimum absolute atomic E-state index is 0.206. The zero-order chi connectivity index (χ0) is 13.7. The molecule has 1 atom stereocenters. The fourth-order valence-electron chi connectivity index (χ4n) is 2.36. The molecule has 1 unspecified atom stereocenters. The minimum atomic E-state index is 0.206. The van der Waals surface area contributed by atoms with Crippen molar-refractivity contribution in [3.05, 3.63) is 22.4 Å². The van der Waals surface area contributed by atoms with Crippen LogP contribution in [0.15, 0.2) is 17.5 Å². The Bertz CT molecular complexity index is 390. The molecule has 5 heteroatoms. The van der Waals surface area contributed by atoms with E-state index in [1.54, 1.807) is 0 Å². The number of rotatable bonds is 3. The average molecular weight is 298 g/mol. The molecule has 0 bridgehead atoms. The van der Waals surface area contributed by atoms with Crippen molar-refractivity contribution in [2.24, 2.45) is 0 Å². The topological polar surface area (TPSA) is 23.6 Å². The molecule has 1 aromatic heterocycles. The van der Waals surface area contributed by atoms with Crippen molar-refractivity contribution in [1.29, 1.82) is 0 Å². The van der Waals surface area contributed by atoms with Gasteiger partial charge < -0.3 is 9.80 Å². The number of carbonyl (C=O) groups excluding carboxylic acids is 1. The van der Waals surface area contributed by atoms with Gasteiger partial charge >= 0.3 is 6.03 Å². The van der Waals surface area contributed by atoms with Crippen molar-refractivity contribution in [2.75, 3.05) is 31.9 Å². The van der Waals surface area contributed by atoms with Gasteiger partial charge in [0.15, 0.2) is 0 Å². The molecule has 1 aliphatic rings. The van der Waals surface area contributed by atoms with Crippen LogP contribution in [0.25, 0.3) is 0 Å². The van der Waals surface area contributed by atoms with Gasteiger partial charge in [-0.15, -0.1) is 11.3 Å². The van der Waals surface area contributed by atoms with E-state index in [4.69, 9.17) is 0 Å². The molecule has 0 radical (unpaired) electrons. The predicted molar refractivity (Wildman–Crippen MR) is 84.0 cm³/mol. The summed E-state index contributed by atoms with van der Waals surface area (Å²) in [5.41, 5.74) is 0. The second-order valence-electron chi connectivity index (χ2n) is 4.61. The Morgan fingerprint density at radius 3 is 2.84 bits per heavy atom. The van der Waals surface area contributed by atoms with E-state index in [0.29, 0.717) is 5.25 Å². The maximum Gasteiger partial charge on any atom is 0.320 e. The molecule has 19 heavy (non-hydrogen) atoms. The Kier molecular flexibility index (Phi) is 5.58. The molecule has 2 heterocycles. The largest absolute Gasteiger partial charge is 0.325 e. The number of urea groups is 1. The van der Waals surface area contributed by atoms with Gasteiger partial charge in [0.1, 0.15) is 0 Å². The van der Waals surface area contributed by atoms with Crippen LogP contribution in [0.1, 0.15) is 30.4 Å². The molecule has 106 valence electrons. The van der Waals surface area contributed by atoms with Crippen LogP contribution in [0, 0.1) is 0 Å². The summed E-state index contributed by atoms with van der Waals surface area (Å²) < 4.78 is 0. The number of thiophene rings is 1. The fraction of sp³-hybridized carbons (Fsp3) is 0.643. The van der Waals surface area contributed by atoms with Gasteiger partial charge in [-0.2, -0.15) is 11.8 Å². The molecule has 0 N–H and O–H groups in total. The molecule has 3 nitrogen and oxygen atoms in total. The third kappa shape index (κ3) is 3.66. The zero-order valence-electron chi connectivity index (χ0n) is 11.7. The Morgan fingerprint density at radius 2 is 2.21 bits per heavy atom. The van der Waals surface area contributed by atoms with Crippen molar-refractivity contribution < 1.29 is 4.79 Å². The number of amides is 2. The van der Waals surface area contributed by atoms with E-state index in [2.05, 4.69) is 17.5 Å². The lowest BCUT2D eigenvalue weighted by Crippen LogP contribution is -2.44. The number of thioether (sulfide) groups is 1. The van der Waals surface area contributed by atoms with Crippen molar-refractivity contribution in [3.63, 3.8) is 0 Å². The summed E-state index contributed by atoms with van der Waals surface area (Å²) in [7, 11) is 0. The van der Waals surface area contributed by atoms with Crippen LogP contribution in [0.3, 0.4) is 0 Å². The maximum atomic E-state index is 12.4. The lowest BCUT2D eigenvalue weighted by molar-refractivity contribution is 0.160. The van der Waals surface area contributed by atoms with Crippen LogP contribution in [0.4, 0.5) is 4.79 Å². The molecule has 0 spiro atoms. The van der Waals surface area contributed by atoms with Crippen LogP contribution in [-0.2, 0) is 0 Å². The third-order valence-corrected chi connectivity index (χ3v) is 5.95. The van der Waals surface area contributed by atoms with Crippen molar-refractivity contribution >= 4 is 29.1 Å². The highest BCUT2D eigenvalue weighted by atomic mass is 32.2. The first-order chi connectivity index (χ1) is 9.26. The van der Waals surface area contributed by atoms with Gasteiger partial charge in [0.05, 0.1) is 0 Å². The molecule has 1 aromatic rings. The van der Waals surface area contributed by atoms with Gasteiger partial charge in [0, 0.05) is 42.1 Å². The molecule has 1 saturated heterocycles. The van der Waals surface area contributed by atoms with E-state index < -0.39 is 0 Å². The second kappa shape index (κ2) is 7.20. The summed E-state index contributed by atoms with van der Waals surface area (Å²) in [4.78, 5) is 17.7. The van der Waals surface area contributed by atoms with Crippen LogP contribution in [0.5, 0.6) is 0 Å². The van der Waals surface area contributed by atoms with Gasteiger partial charge in [-0.3, -0.25) is 0 Å². The summed E-state index contributed by atoms with van der Waals surface area (Å²) in [5.74, 6) is 1.04. The summed E-state index contributed by atoms with van der Waals surface area (Å²) in [5, 5.41) is 2.70. The molecule has 1 fully saturated rings. The minimum Gasteiger partial charge on any atom is -0.325 e. The number of carbonyl (C=O) groups is 1. The van der Waals surface area contributed by atoms with Crippen LogP contribution >= 0.6 is 23.1 Å². The maximum absolute atomic E-state index is 12.4. The first kappa shape index (κ1) is 14.7. The first-order valence-electron chi connectivity index (χ1n) is 6.95. The molecule has 0 aromatic carbocycles. The van der Waals surface area contributed by atoms with Crippen molar-refractivity contribution in [1.82, 2.24) is 9.80 Å². The highest BCUT2D eigenvalue weighted by Crippen LogP contribution is 2.36. The normalized spacial score (nSPS) is 20.1. The smallest absolute Gasteiger partial charge is 0.320 e. The second-order valence-corrected chi connectivity index (χ2v) is 6.90. The van der Waals surface area contributed by atoms with Gasteiger partial charge in [0.2, 0.25) is 0 Å². The standard InChI is InChI=1S/C14H22N2OS2/c1-3-15(4-2)14(17)16-8-7-13(19-11-9-16)12-6-5-10-18-12/h5-6,10,13H,3-4,7-9,11H2,1-2H3. The van der Waals surface area contributed by atoms with E-state index in [0.717, 1.165) is 38.4 Å². The highest BCUT2D eigenvalue weighted by molar-refractivity contribution is 7.99. The number of hydrogen-bond donors (Lipinski definition) is 0. The Labute approximate surface area is 124 Å². The third-order valence-electron chi connectivity index (χ3n) is 3.51. The summed E-state index contributed by atoms with van der Waals surface area (Å²) in [6.45, 7) is 7.44. The monoisotopic (exact) mass is 298 g/mol. The lowest BCUT2D eigenvalue weighted by atomic mass is 10.2. The Balaban J connectivity index is 1.95. The van der Waals surface area contributed by atoms with Crippen LogP contribution in [-0.4, -0.2) is 47.8 Å². The van der Waals surface area contributed by atoms with Gasteiger partial charge in [0.25, 0.3) is 0 Å². The van der Waals surface area contributed by atoms with E-state index in [1.807, 2.05) is 46.7 Å². The molecule has 0 aliphatic carbocycles. The summed E-state index contributed by atoms with van der Waals surface area (Å²) >= 11 is 3.82. The van der Waals surface area contributed by atoms with E-state index in [-0.39, 0.29) is 6.03 Å².